The summed E-state index contributed by atoms with van der Waals surface area (Å²) in [5.74, 6) is 2.79. The Morgan fingerprint density at radius 1 is 1.05 bits per heavy atom. The predicted octanol–water partition coefficient (Wildman–Crippen LogP) is 6.05. The first kappa shape index (κ1) is 13.9. The Balaban J connectivity index is 1.72. The van der Waals surface area contributed by atoms with Gasteiger partial charge in [0.2, 0.25) is 0 Å². The van der Waals surface area contributed by atoms with Crippen molar-refractivity contribution in [2.45, 2.75) is 71.6 Å². The molecule has 0 radical (unpaired) electrons. The first-order valence-corrected chi connectivity index (χ1v) is 9.18. The lowest BCUT2D eigenvalue weighted by molar-refractivity contribution is -0.0135. The molecule has 0 aromatic heterocycles. The van der Waals surface area contributed by atoms with E-state index in [-0.39, 0.29) is 0 Å². The van der Waals surface area contributed by atoms with Crippen LogP contribution < -0.4 is 0 Å². The summed E-state index contributed by atoms with van der Waals surface area (Å²) in [4.78, 5) is 0. The van der Waals surface area contributed by atoms with Gasteiger partial charge in [-0.1, -0.05) is 38.5 Å². The van der Waals surface area contributed by atoms with Crippen molar-refractivity contribution >= 4 is 0 Å². The van der Waals surface area contributed by atoms with Crippen LogP contribution in [-0.2, 0) is 0 Å². The first-order chi connectivity index (χ1) is 10.1. The highest BCUT2D eigenvalue weighted by Crippen LogP contribution is 2.65. The van der Waals surface area contributed by atoms with Gasteiger partial charge < -0.3 is 0 Å². The van der Waals surface area contributed by atoms with Gasteiger partial charge in [-0.2, -0.15) is 0 Å². The third kappa shape index (κ3) is 1.75. The third-order valence-corrected chi connectivity index (χ3v) is 8.02. The maximum atomic E-state index is 3.99. The molecule has 0 nitrogen and oxygen atoms in total. The van der Waals surface area contributed by atoms with Crippen LogP contribution in [0.25, 0.3) is 0 Å². The molecule has 5 atom stereocenters. The van der Waals surface area contributed by atoms with E-state index in [1.165, 1.54) is 57.8 Å². The minimum Gasteiger partial charge on any atom is -0.129 e. The Morgan fingerprint density at radius 3 is 2.67 bits per heavy atom. The fraction of sp³-hybridized carbons (Fsp3) is 0.762. The highest BCUT2D eigenvalue weighted by atomic mass is 14.6. The largest absolute Gasteiger partial charge is 0.129 e. The molecule has 0 aromatic carbocycles. The summed E-state index contributed by atoms with van der Waals surface area (Å²) in [5.41, 5.74) is 7.67. The molecular formula is C21H30. The predicted molar refractivity (Wildman–Crippen MR) is 89.0 cm³/mol. The van der Waals surface area contributed by atoms with Crippen molar-refractivity contribution < 1.29 is 0 Å². The summed E-state index contributed by atoms with van der Waals surface area (Å²) < 4.78 is 0. The molecule has 114 valence electrons. The van der Waals surface area contributed by atoms with E-state index in [1.807, 2.05) is 5.57 Å². The molecule has 4 aliphatic rings. The molecule has 0 bridgehead atoms. The number of hydrogen-bond donors (Lipinski definition) is 0. The van der Waals surface area contributed by atoms with Crippen molar-refractivity contribution in [3.8, 4) is 0 Å². The van der Waals surface area contributed by atoms with E-state index in [0.717, 1.165) is 17.8 Å². The fourth-order valence-corrected chi connectivity index (χ4v) is 6.80. The van der Waals surface area contributed by atoms with Crippen LogP contribution in [0.3, 0.4) is 0 Å². The van der Waals surface area contributed by atoms with Crippen molar-refractivity contribution in [2.24, 2.45) is 28.6 Å². The van der Waals surface area contributed by atoms with Gasteiger partial charge in [-0.05, 0) is 85.5 Å². The zero-order valence-electron chi connectivity index (χ0n) is 13.9. The van der Waals surface area contributed by atoms with E-state index < -0.39 is 0 Å². The lowest BCUT2D eigenvalue weighted by Gasteiger charge is -2.56. The van der Waals surface area contributed by atoms with Crippen molar-refractivity contribution in [2.75, 3.05) is 0 Å². The molecule has 0 N–H and O–H groups in total. The van der Waals surface area contributed by atoms with Crippen LogP contribution in [-0.4, -0.2) is 0 Å². The highest BCUT2D eigenvalue weighted by Gasteiger charge is 2.56. The van der Waals surface area contributed by atoms with Crippen LogP contribution in [0.5, 0.6) is 0 Å². The number of fused-ring (bicyclic) bond motifs is 5. The van der Waals surface area contributed by atoms with E-state index >= 15 is 0 Å². The average Bonchev–Trinajstić information content (AvgIpc) is 2.83. The highest BCUT2D eigenvalue weighted by molar-refractivity contribution is 5.28. The van der Waals surface area contributed by atoms with E-state index in [4.69, 9.17) is 0 Å². The van der Waals surface area contributed by atoms with Gasteiger partial charge in [0.05, 0.1) is 0 Å². The van der Waals surface area contributed by atoms with Gasteiger partial charge in [-0.25, -0.2) is 0 Å². The molecule has 4 rings (SSSR count). The van der Waals surface area contributed by atoms with Gasteiger partial charge in [0.25, 0.3) is 0 Å². The molecule has 0 heteroatoms. The maximum absolute atomic E-state index is 3.99. The topological polar surface area (TPSA) is 0 Å². The fourth-order valence-electron chi connectivity index (χ4n) is 6.80. The molecule has 0 saturated heterocycles. The molecule has 0 spiro atoms. The SMILES string of the molecule is C=C=C1CC[C@H]2[C@@H]3CC=C4CCCC[C@]4(C)[C@H]3CC[C@]12C. The Hall–Kier alpha value is -0.740. The number of allylic oxidation sites excluding steroid dienone is 3. The van der Waals surface area contributed by atoms with Crippen LogP contribution in [0.1, 0.15) is 71.6 Å². The van der Waals surface area contributed by atoms with Crippen LogP contribution in [0.4, 0.5) is 0 Å². The second kappa shape index (κ2) is 4.63. The van der Waals surface area contributed by atoms with Crippen molar-refractivity contribution in [1.82, 2.24) is 0 Å². The third-order valence-electron chi connectivity index (χ3n) is 8.02. The molecule has 0 amide bonds. The number of rotatable bonds is 0. The molecule has 0 aliphatic heterocycles. The van der Waals surface area contributed by atoms with E-state index in [0.29, 0.717) is 10.8 Å². The minimum atomic E-state index is 0.430. The summed E-state index contributed by atoms with van der Waals surface area (Å²) in [6, 6.07) is 0. The average molecular weight is 282 g/mol. The summed E-state index contributed by atoms with van der Waals surface area (Å²) in [6.07, 6.45) is 15.3. The lowest BCUT2D eigenvalue weighted by atomic mass is 9.48. The molecule has 4 aliphatic carbocycles. The van der Waals surface area contributed by atoms with Crippen LogP contribution in [0.2, 0.25) is 0 Å². The lowest BCUT2D eigenvalue weighted by Crippen LogP contribution is -2.48. The smallest absolute Gasteiger partial charge is 0.000946 e. The van der Waals surface area contributed by atoms with E-state index in [2.05, 4.69) is 32.2 Å². The zero-order chi connectivity index (χ0) is 14.7. The van der Waals surface area contributed by atoms with Crippen molar-refractivity contribution in [3.63, 3.8) is 0 Å². The maximum Gasteiger partial charge on any atom is -0.000946 e. The standard InChI is InChI=1S/C21H30/c1-4-15-9-11-18-17-10-8-16-7-5-6-13-20(16,2)19(17)12-14-21(15,18)3/h8,17-19H,1,5-7,9-14H2,2-3H3/t17-,18-,19-,20-,21+/m0/s1. The van der Waals surface area contributed by atoms with Gasteiger partial charge >= 0.3 is 0 Å². The first-order valence-electron chi connectivity index (χ1n) is 9.18. The quantitative estimate of drug-likeness (QED) is 0.375. The Bertz CT molecular complexity index is 532. The Morgan fingerprint density at radius 2 is 1.86 bits per heavy atom. The van der Waals surface area contributed by atoms with Crippen molar-refractivity contribution in [3.05, 3.63) is 29.5 Å². The number of hydrogen-bond acceptors (Lipinski definition) is 0. The molecule has 21 heavy (non-hydrogen) atoms. The van der Waals surface area contributed by atoms with Gasteiger partial charge in [0.15, 0.2) is 0 Å². The second-order valence-electron chi connectivity index (χ2n) is 8.62. The molecule has 0 unspecified atom stereocenters. The molecule has 3 fully saturated rings. The summed E-state index contributed by atoms with van der Waals surface area (Å²) >= 11 is 0. The summed E-state index contributed by atoms with van der Waals surface area (Å²) in [6.45, 7) is 9.12. The normalized spacial score (nSPS) is 48.8. The van der Waals surface area contributed by atoms with Gasteiger partial charge in [-0.15, -0.1) is 5.73 Å². The zero-order valence-corrected chi connectivity index (χ0v) is 13.9. The van der Waals surface area contributed by atoms with Crippen LogP contribution >= 0.6 is 0 Å². The van der Waals surface area contributed by atoms with Gasteiger partial charge in [-0.3, -0.25) is 0 Å². The molecular weight excluding hydrogens is 252 g/mol. The summed E-state index contributed by atoms with van der Waals surface area (Å²) in [7, 11) is 0. The van der Waals surface area contributed by atoms with Crippen LogP contribution in [0, 0.1) is 28.6 Å². The monoisotopic (exact) mass is 282 g/mol. The van der Waals surface area contributed by atoms with Crippen LogP contribution in [0.15, 0.2) is 29.5 Å². The van der Waals surface area contributed by atoms with Gasteiger partial charge in [0, 0.05) is 0 Å². The molecule has 0 heterocycles. The Labute approximate surface area is 130 Å². The second-order valence-corrected chi connectivity index (χ2v) is 8.62. The molecule has 0 aromatic rings. The summed E-state index contributed by atoms with van der Waals surface area (Å²) in [5, 5.41) is 0. The van der Waals surface area contributed by atoms with Crippen molar-refractivity contribution in [1.29, 1.82) is 0 Å². The van der Waals surface area contributed by atoms with E-state index in [9.17, 15) is 0 Å². The minimum absolute atomic E-state index is 0.430. The van der Waals surface area contributed by atoms with Gasteiger partial charge in [0.1, 0.15) is 0 Å². The molecule has 3 saturated carbocycles. The Kier molecular flexibility index (Phi) is 3.06. The van der Waals surface area contributed by atoms with E-state index in [1.54, 1.807) is 5.57 Å².